The number of carbonyl (C=O) groups excluding carboxylic acids is 1. The van der Waals surface area contributed by atoms with Crippen LogP contribution in [0.3, 0.4) is 0 Å². The summed E-state index contributed by atoms with van der Waals surface area (Å²) >= 11 is 0. The minimum Gasteiger partial charge on any atom is -0.443 e. The molecule has 0 spiro atoms. The second-order valence-electron chi connectivity index (χ2n) is 6.83. The van der Waals surface area contributed by atoms with Crippen molar-refractivity contribution in [3.8, 4) is 0 Å². The van der Waals surface area contributed by atoms with E-state index in [1.165, 1.54) is 5.56 Å². The lowest BCUT2D eigenvalue weighted by Gasteiger charge is -2.33. The number of para-hydroxylation sites is 1. The summed E-state index contributed by atoms with van der Waals surface area (Å²) in [6.45, 7) is 8.57. The number of methoxy groups -OCH3 is 1. The number of anilines is 1. The second kappa shape index (κ2) is 7.79. The first-order valence-corrected chi connectivity index (χ1v) is 8.23. The molecule has 23 heavy (non-hydrogen) atoms. The zero-order valence-electron chi connectivity index (χ0n) is 14.6. The molecule has 1 aromatic rings. The fourth-order valence-corrected chi connectivity index (χ4v) is 2.77. The third kappa shape index (κ3) is 4.94. The van der Waals surface area contributed by atoms with Gasteiger partial charge in [-0.25, -0.2) is 4.79 Å². The molecule has 128 valence electrons. The van der Waals surface area contributed by atoms with Crippen LogP contribution in [0.25, 0.3) is 0 Å². The largest absolute Gasteiger partial charge is 0.443 e. The van der Waals surface area contributed by atoms with Crippen molar-refractivity contribution in [2.24, 2.45) is 0 Å². The molecule has 0 aliphatic carbocycles. The molecule has 1 aliphatic rings. The monoisotopic (exact) mass is 320 g/mol. The number of hydrogen-bond donors (Lipinski definition) is 1. The van der Waals surface area contributed by atoms with Gasteiger partial charge in [-0.15, -0.1) is 0 Å². The summed E-state index contributed by atoms with van der Waals surface area (Å²) in [4.78, 5) is 14.4. The third-order valence-corrected chi connectivity index (χ3v) is 3.71. The van der Waals surface area contributed by atoms with Crippen LogP contribution in [0.15, 0.2) is 18.2 Å². The van der Waals surface area contributed by atoms with E-state index in [1.54, 1.807) is 12.0 Å². The standard InChI is InChI=1S/C18H28N2O3/c1-18(2,3)23-17(21)20-11-6-9-14-7-5-8-15(16(14)20)13-19-10-12-22-4/h5,7-8,19H,6,9-13H2,1-4H3. The number of rotatable bonds is 5. The maximum atomic E-state index is 12.6. The Morgan fingerprint density at radius 2 is 2.13 bits per heavy atom. The topological polar surface area (TPSA) is 50.8 Å². The molecule has 0 bridgehead atoms. The molecule has 0 fully saturated rings. The van der Waals surface area contributed by atoms with E-state index in [0.29, 0.717) is 19.7 Å². The molecule has 1 N–H and O–H groups in total. The van der Waals surface area contributed by atoms with Gasteiger partial charge in [0.15, 0.2) is 0 Å². The molecule has 0 saturated heterocycles. The van der Waals surface area contributed by atoms with Crippen molar-refractivity contribution < 1.29 is 14.3 Å². The van der Waals surface area contributed by atoms with Gasteiger partial charge in [-0.3, -0.25) is 4.90 Å². The van der Waals surface area contributed by atoms with Crippen LogP contribution in [0, 0.1) is 0 Å². The highest BCUT2D eigenvalue weighted by Gasteiger charge is 2.28. The van der Waals surface area contributed by atoms with Gasteiger partial charge < -0.3 is 14.8 Å². The fourth-order valence-electron chi connectivity index (χ4n) is 2.77. The quantitative estimate of drug-likeness (QED) is 0.847. The number of fused-ring (bicyclic) bond motifs is 1. The van der Waals surface area contributed by atoms with Crippen LogP contribution >= 0.6 is 0 Å². The number of nitrogens with one attached hydrogen (secondary N) is 1. The average molecular weight is 320 g/mol. The van der Waals surface area contributed by atoms with Gasteiger partial charge in [-0.1, -0.05) is 18.2 Å². The summed E-state index contributed by atoms with van der Waals surface area (Å²) in [5.74, 6) is 0. The first-order valence-electron chi connectivity index (χ1n) is 8.23. The van der Waals surface area contributed by atoms with Crippen LogP contribution in [0.2, 0.25) is 0 Å². The molecule has 1 aromatic carbocycles. The maximum Gasteiger partial charge on any atom is 0.414 e. The van der Waals surface area contributed by atoms with Crippen LogP contribution in [-0.2, 0) is 22.4 Å². The molecule has 2 rings (SSSR count). The summed E-state index contributed by atoms with van der Waals surface area (Å²) in [5, 5.41) is 3.36. The number of ether oxygens (including phenoxy) is 2. The number of carbonyl (C=O) groups is 1. The third-order valence-electron chi connectivity index (χ3n) is 3.71. The molecule has 5 nitrogen and oxygen atoms in total. The Morgan fingerprint density at radius 3 is 2.83 bits per heavy atom. The molecular formula is C18H28N2O3. The minimum atomic E-state index is -0.486. The van der Waals surface area contributed by atoms with Crippen molar-refractivity contribution in [3.05, 3.63) is 29.3 Å². The molecule has 0 atom stereocenters. The Morgan fingerprint density at radius 1 is 1.35 bits per heavy atom. The highest BCUT2D eigenvalue weighted by molar-refractivity contribution is 5.90. The molecule has 0 aromatic heterocycles. The van der Waals surface area contributed by atoms with Crippen LogP contribution in [0.5, 0.6) is 0 Å². The van der Waals surface area contributed by atoms with E-state index in [2.05, 4.69) is 23.5 Å². The normalized spacial score (nSPS) is 14.5. The predicted octanol–water partition coefficient (Wildman–Crippen LogP) is 3.11. The summed E-state index contributed by atoms with van der Waals surface area (Å²) in [6.07, 6.45) is 1.70. The Labute approximate surface area is 139 Å². The summed E-state index contributed by atoms with van der Waals surface area (Å²) in [5.41, 5.74) is 2.87. The number of hydrogen-bond acceptors (Lipinski definition) is 4. The highest BCUT2D eigenvalue weighted by Crippen LogP contribution is 2.32. The Bertz CT molecular complexity index is 538. The van der Waals surface area contributed by atoms with Crippen LogP contribution in [-0.4, -0.2) is 38.5 Å². The first-order chi connectivity index (χ1) is 10.9. The maximum absolute atomic E-state index is 12.6. The van der Waals surface area contributed by atoms with Crippen molar-refractivity contribution in [3.63, 3.8) is 0 Å². The van der Waals surface area contributed by atoms with Crippen LogP contribution in [0.4, 0.5) is 10.5 Å². The molecule has 5 heteroatoms. The lowest BCUT2D eigenvalue weighted by atomic mass is 9.98. The summed E-state index contributed by atoms with van der Waals surface area (Å²) in [6, 6.07) is 6.23. The molecule has 0 radical (unpaired) electrons. The molecule has 0 unspecified atom stereocenters. The molecule has 1 amide bonds. The highest BCUT2D eigenvalue weighted by atomic mass is 16.6. The van der Waals surface area contributed by atoms with Crippen molar-refractivity contribution in [1.82, 2.24) is 5.32 Å². The first kappa shape index (κ1) is 17.8. The molecular weight excluding hydrogens is 292 g/mol. The van der Waals surface area contributed by atoms with E-state index in [-0.39, 0.29) is 6.09 Å². The van der Waals surface area contributed by atoms with Crippen molar-refractivity contribution in [2.75, 3.05) is 31.7 Å². The smallest absolute Gasteiger partial charge is 0.414 e. The van der Waals surface area contributed by atoms with E-state index < -0.39 is 5.60 Å². The Balaban J connectivity index is 2.19. The number of aryl methyl sites for hydroxylation is 1. The summed E-state index contributed by atoms with van der Waals surface area (Å²) < 4.78 is 10.6. The van der Waals surface area contributed by atoms with Gasteiger partial charge >= 0.3 is 6.09 Å². The van der Waals surface area contributed by atoms with Crippen LogP contribution in [0.1, 0.15) is 38.3 Å². The fraction of sp³-hybridized carbons (Fsp3) is 0.611. The zero-order valence-corrected chi connectivity index (χ0v) is 14.6. The van der Waals surface area contributed by atoms with Gasteiger partial charge in [0.05, 0.1) is 12.3 Å². The van der Waals surface area contributed by atoms with E-state index >= 15 is 0 Å². The van der Waals surface area contributed by atoms with Gasteiger partial charge in [-0.2, -0.15) is 0 Å². The SMILES string of the molecule is COCCNCc1cccc2c1N(C(=O)OC(C)(C)C)CCC2. The lowest BCUT2D eigenvalue weighted by molar-refractivity contribution is 0.0577. The average Bonchev–Trinajstić information content (AvgIpc) is 2.49. The van der Waals surface area contributed by atoms with Gasteiger partial charge in [0.1, 0.15) is 5.60 Å². The van der Waals surface area contributed by atoms with Crippen molar-refractivity contribution in [2.45, 2.75) is 45.8 Å². The molecule has 1 heterocycles. The van der Waals surface area contributed by atoms with E-state index in [0.717, 1.165) is 30.6 Å². The van der Waals surface area contributed by atoms with Gasteiger partial charge in [-0.05, 0) is 44.7 Å². The molecule has 0 saturated carbocycles. The van der Waals surface area contributed by atoms with E-state index in [9.17, 15) is 4.79 Å². The number of amides is 1. The van der Waals surface area contributed by atoms with Crippen molar-refractivity contribution in [1.29, 1.82) is 0 Å². The Hall–Kier alpha value is -1.59. The number of nitrogens with zero attached hydrogens (tertiary/aromatic N) is 1. The van der Waals surface area contributed by atoms with E-state index in [4.69, 9.17) is 9.47 Å². The second-order valence-corrected chi connectivity index (χ2v) is 6.83. The van der Waals surface area contributed by atoms with Gasteiger partial charge in [0, 0.05) is 26.7 Å². The van der Waals surface area contributed by atoms with Crippen molar-refractivity contribution >= 4 is 11.8 Å². The van der Waals surface area contributed by atoms with Gasteiger partial charge in [0.25, 0.3) is 0 Å². The molecule has 1 aliphatic heterocycles. The van der Waals surface area contributed by atoms with Gasteiger partial charge in [0.2, 0.25) is 0 Å². The zero-order chi connectivity index (χ0) is 16.9. The predicted molar refractivity (Wildman–Crippen MR) is 91.9 cm³/mol. The van der Waals surface area contributed by atoms with E-state index in [1.807, 2.05) is 20.8 Å². The Kier molecular flexibility index (Phi) is 6.02. The minimum absolute atomic E-state index is 0.261. The summed E-state index contributed by atoms with van der Waals surface area (Å²) in [7, 11) is 1.69. The lowest BCUT2D eigenvalue weighted by Crippen LogP contribution is -2.40. The van der Waals surface area contributed by atoms with Crippen LogP contribution < -0.4 is 10.2 Å². The number of benzene rings is 1.